The van der Waals surface area contributed by atoms with E-state index in [-0.39, 0.29) is 6.61 Å². The maximum absolute atomic E-state index is 8.64. The summed E-state index contributed by atoms with van der Waals surface area (Å²) in [5.41, 5.74) is 0.895. The van der Waals surface area contributed by atoms with Gasteiger partial charge in [0.2, 0.25) is 0 Å². The molecule has 0 radical (unpaired) electrons. The Balaban J connectivity index is 2.05. The first-order chi connectivity index (χ1) is 9.28. The lowest BCUT2D eigenvalue weighted by Crippen LogP contribution is -1.84. The van der Waals surface area contributed by atoms with E-state index in [9.17, 15) is 0 Å². The van der Waals surface area contributed by atoms with Gasteiger partial charge < -0.3 is 9.84 Å². The molecule has 0 bridgehead atoms. The summed E-state index contributed by atoms with van der Waals surface area (Å²) in [5.74, 6) is 7.26. The summed E-state index contributed by atoms with van der Waals surface area (Å²) in [6, 6.07) is 14.7. The normalized spacial score (nSPS) is 9.58. The van der Waals surface area contributed by atoms with Crippen LogP contribution in [0.5, 0.6) is 11.5 Å². The fraction of sp³-hybridized carbons (Fsp3) is 0.125. The Kier molecular flexibility index (Phi) is 4.85. The number of aliphatic hydroxyl groups excluding tert-OH is 1. The zero-order chi connectivity index (χ0) is 13.5. The lowest BCUT2D eigenvalue weighted by molar-refractivity contribution is 0.305. The van der Waals surface area contributed by atoms with Crippen molar-refractivity contribution in [2.45, 2.75) is 6.42 Å². The van der Waals surface area contributed by atoms with Crippen LogP contribution in [0.1, 0.15) is 12.0 Å². The first-order valence-electron chi connectivity index (χ1n) is 5.91. The summed E-state index contributed by atoms with van der Waals surface area (Å²) >= 11 is 5.89. The third kappa shape index (κ3) is 4.33. The van der Waals surface area contributed by atoms with E-state index in [2.05, 4.69) is 11.8 Å². The molecule has 96 valence electrons. The van der Waals surface area contributed by atoms with Crippen molar-refractivity contribution in [3.63, 3.8) is 0 Å². The minimum Gasteiger partial charge on any atom is -0.457 e. The molecule has 0 aliphatic rings. The Labute approximate surface area is 117 Å². The number of hydrogen-bond acceptors (Lipinski definition) is 2. The van der Waals surface area contributed by atoms with Crippen molar-refractivity contribution in [3.05, 3.63) is 59.1 Å². The van der Waals surface area contributed by atoms with Crippen molar-refractivity contribution in [1.29, 1.82) is 0 Å². The maximum atomic E-state index is 8.64. The maximum Gasteiger partial charge on any atom is 0.128 e. The van der Waals surface area contributed by atoms with Gasteiger partial charge in [-0.2, -0.15) is 0 Å². The Hall–Kier alpha value is -1.95. The molecule has 0 amide bonds. The quantitative estimate of drug-likeness (QED) is 0.860. The molecule has 0 atom stereocenters. The first-order valence-corrected chi connectivity index (χ1v) is 6.29. The number of ether oxygens (including phenoxy) is 1. The molecule has 0 heterocycles. The topological polar surface area (TPSA) is 29.5 Å². The fourth-order valence-corrected chi connectivity index (χ4v) is 1.67. The van der Waals surface area contributed by atoms with E-state index in [0.29, 0.717) is 17.2 Å². The van der Waals surface area contributed by atoms with Gasteiger partial charge >= 0.3 is 0 Å². The molecular weight excluding hydrogens is 260 g/mol. The summed E-state index contributed by atoms with van der Waals surface area (Å²) in [7, 11) is 0. The van der Waals surface area contributed by atoms with Gasteiger partial charge in [-0.05, 0) is 42.5 Å². The Bertz CT molecular complexity index is 594. The monoisotopic (exact) mass is 272 g/mol. The summed E-state index contributed by atoms with van der Waals surface area (Å²) in [5, 5.41) is 9.28. The molecule has 2 aromatic carbocycles. The van der Waals surface area contributed by atoms with E-state index in [4.69, 9.17) is 21.4 Å². The Morgan fingerprint density at radius 3 is 2.53 bits per heavy atom. The van der Waals surface area contributed by atoms with Gasteiger partial charge in [0.05, 0.1) is 6.61 Å². The van der Waals surface area contributed by atoms with Crippen LogP contribution < -0.4 is 4.74 Å². The number of aliphatic hydroxyl groups is 1. The molecule has 2 rings (SSSR count). The average molecular weight is 273 g/mol. The SMILES string of the molecule is OCCC#Cc1ccc(Oc2cccc(Cl)c2)cc1. The lowest BCUT2D eigenvalue weighted by Gasteiger charge is -2.05. The van der Waals surface area contributed by atoms with Crippen LogP contribution in [0.4, 0.5) is 0 Å². The van der Waals surface area contributed by atoms with Gasteiger partial charge in [0.1, 0.15) is 11.5 Å². The summed E-state index contributed by atoms with van der Waals surface area (Å²) in [6.45, 7) is 0.0863. The van der Waals surface area contributed by atoms with Crippen LogP contribution in [0.2, 0.25) is 5.02 Å². The third-order valence-electron chi connectivity index (χ3n) is 2.36. The predicted octanol–water partition coefficient (Wildman–Crippen LogP) is 3.87. The molecule has 0 unspecified atom stereocenters. The average Bonchev–Trinajstić information content (AvgIpc) is 2.41. The minimum absolute atomic E-state index is 0.0863. The first kappa shape index (κ1) is 13.5. The second-order valence-electron chi connectivity index (χ2n) is 3.86. The van der Waals surface area contributed by atoms with E-state index < -0.39 is 0 Å². The molecule has 1 N–H and O–H groups in total. The highest BCUT2D eigenvalue weighted by Gasteiger charge is 1.97. The molecule has 0 aliphatic heterocycles. The molecule has 0 saturated carbocycles. The minimum atomic E-state index is 0.0863. The van der Waals surface area contributed by atoms with E-state index in [1.807, 2.05) is 36.4 Å². The standard InChI is InChI=1S/C16H13ClO2/c17-14-5-3-6-16(12-14)19-15-9-7-13(8-10-15)4-1-2-11-18/h3,5-10,12,18H,2,11H2. The van der Waals surface area contributed by atoms with Gasteiger partial charge in [-0.25, -0.2) is 0 Å². The predicted molar refractivity (Wildman–Crippen MR) is 76.5 cm³/mol. The van der Waals surface area contributed by atoms with Crippen molar-refractivity contribution < 1.29 is 9.84 Å². The molecular formula is C16H13ClO2. The molecule has 2 nitrogen and oxygen atoms in total. The smallest absolute Gasteiger partial charge is 0.128 e. The highest BCUT2D eigenvalue weighted by Crippen LogP contribution is 2.24. The molecule has 0 saturated heterocycles. The summed E-state index contributed by atoms with van der Waals surface area (Å²) in [4.78, 5) is 0. The second kappa shape index (κ2) is 6.84. The van der Waals surface area contributed by atoms with Crippen LogP contribution in [-0.4, -0.2) is 11.7 Å². The Morgan fingerprint density at radius 2 is 1.84 bits per heavy atom. The van der Waals surface area contributed by atoms with Crippen LogP contribution >= 0.6 is 11.6 Å². The molecule has 0 fully saturated rings. The number of hydrogen-bond donors (Lipinski definition) is 1. The van der Waals surface area contributed by atoms with Gasteiger partial charge in [-0.3, -0.25) is 0 Å². The summed E-state index contributed by atoms with van der Waals surface area (Å²) in [6.07, 6.45) is 0.487. The number of rotatable bonds is 3. The molecule has 2 aromatic rings. The second-order valence-corrected chi connectivity index (χ2v) is 4.30. The zero-order valence-electron chi connectivity index (χ0n) is 10.3. The molecule has 3 heteroatoms. The van der Waals surface area contributed by atoms with Gasteiger partial charge in [0, 0.05) is 17.0 Å². The van der Waals surface area contributed by atoms with Crippen LogP contribution in [0.15, 0.2) is 48.5 Å². The molecule has 19 heavy (non-hydrogen) atoms. The van der Waals surface area contributed by atoms with Crippen molar-refractivity contribution in [1.82, 2.24) is 0 Å². The van der Waals surface area contributed by atoms with Gasteiger partial charge in [-0.15, -0.1) is 0 Å². The van der Waals surface area contributed by atoms with E-state index in [1.165, 1.54) is 0 Å². The fourth-order valence-electron chi connectivity index (χ4n) is 1.49. The van der Waals surface area contributed by atoms with Crippen LogP contribution in [0, 0.1) is 11.8 Å². The van der Waals surface area contributed by atoms with Gasteiger partial charge in [0.15, 0.2) is 0 Å². The Morgan fingerprint density at radius 1 is 1.05 bits per heavy atom. The lowest BCUT2D eigenvalue weighted by atomic mass is 10.2. The third-order valence-corrected chi connectivity index (χ3v) is 2.59. The van der Waals surface area contributed by atoms with Crippen LogP contribution in [0.25, 0.3) is 0 Å². The van der Waals surface area contributed by atoms with Crippen molar-refractivity contribution in [2.75, 3.05) is 6.61 Å². The zero-order valence-corrected chi connectivity index (χ0v) is 11.0. The van der Waals surface area contributed by atoms with E-state index in [0.717, 1.165) is 11.3 Å². The molecule has 0 aromatic heterocycles. The highest BCUT2D eigenvalue weighted by atomic mass is 35.5. The molecule has 0 aliphatic carbocycles. The summed E-state index contributed by atoms with van der Waals surface area (Å²) < 4.78 is 5.67. The highest BCUT2D eigenvalue weighted by molar-refractivity contribution is 6.30. The number of benzene rings is 2. The van der Waals surface area contributed by atoms with Gasteiger partial charge in [-0.1, -0.05) is 29.5 Å². The molecule has 0 spiro atoms. The number of halogens is 1. The van der Waals surface area contributed by atoms with Crippen molar-refractivity contribution in [3.8, 4) is 23.3 Å². The van der Waals surface area contributed by atoms with Gasteiger partial charge in [0.25, 0.3) is 0 Å². The van der Waals surface area contributed by atoms with Crippen LogP contribution in [-0.2, 0) is 0 Å². The van der Waals surface area contributed by atoms with Crippen molar-refractivity contribution in [2.24, 2.45) is 0 Å². The van der Waals surface area contributed by atoms with Crippen LogP contribution in [0.3, 0.4) is 0 Å². The van der Waals surface area contributed by atoms with E-state index in [1.54, 1.807) is 12.1 Å². The van der Waals surface area contributed by atoms with Crippen molar-refractivity contribution >= 4 is 11.6 Å². The van der Waals surface area contributed by atoms with E-state index >= 15 is 0 Å². The largest absolute Gasteiger partial charge is 0.457 e.